The van der Waals surface area contributed by atoms with Crippen molar-refractivity contribution >= 4 is 16.1 Å². The minimum Gasteiger partial charge on any atom is -0.205 e. The van der Waals surface area contributed by atoms with Gasteiger partial charge in [-0.2, -0.15) is 8.42 Å². The minimum absolute atomic E-state index is 0.0312. The SMILES string of the molecule is O=S(=O)(F)/C=C(\F)c1ccccc1. The number of hydrogen-bond donors (Lipinski definition) is 0. The third kappa shape index (κ3) is 3.33. The van der Waals surface area contributed by atoms with E-state index in [2.05, 4.69) is 0 Å². The second-order valence-corrected chi connectivity index (χ2v) is 3.49. The van der Waals surface area contributed by atoms with E-state index in [9.17, 15) is 16.7 Å². The van der Waals surface area contributed by atoms with Gasteiger partial charge in [0.1, 0.15) is 5.83 Å². The summed E-state index contributed by atoms with van der Waals surface area (Å²) in [7, 11) is -4.91. The summed E-state index contributed by atoms with van der Waals surface area (Å²) in [6, 6.07) is 7.37. The highest BCUT2D eigenvalue weighted by Gasteiger charge is 2.07. The molecular weight excluding hydrogens is 198 g/mol. The Balaban J connectivity index is 3.06. The third-order valence-corrected chi connectivity index (χ3v) is 1.78. The summed E-state index contributed by atoms with van der Waals surface area (Å²) in [5.41, 5.74) is 0.0312. The highest BCUT2D eigenvalue weighted by atomic mass is 32.3. The van der Waals surface area contributed by atoms with Gasteiger partial charge in [-0.1, -0.05) is 30.3 Å². The zero-order valence-electron chi connectivity index (χ0n) is 6.44. The predicted octanol–water partition coefficient (Wildman–Crippen LogP) is 2.25. The zero-order valence-corrected chi connectivity index (χ0v) is 7.26. The maximum Gasteiger partial charge on any atom is 0.328 e. The molecule has 2 nitrogen and oxygen atoms in total. The monoisotopic (exact) mass is 204 g/mol. The average molecular weight is 204 g/mol. The lowest BCUT2D eigenvalue weighted by Crippen LogP contribution is -1.85. The molecule has 0 aliphatic carbocycles. The molecule has 0 spiro atoms. The topological polar surface area (TPSA) is 34.1 Å². The van der Waals surface area contributed by atoms with E-state index in [1.165, 1.54) is 24.3 Å². The van der Waals surface area contributed by atoms with E-state index < -0.39 is 16.1 Å². The summed E-state index contributed by atoms with van der Waals surface area (Å²) in [6.45, 7) is 0. The van der Waals surface area contributed by atoms with Crippen molar-refractivity contribution in [1.29, 1.82) is 0 Å². The van der Waals surface area contributed by atoms with E-state index in [1.54, 1.807) is 6.07 Å². The van der Waals surface area contributed by atoms with Gasteiger partial charge in [-0.05, 0) is 0 Å². The Morgan fingerprint density at radius 2 is 1.77 bits per heavy atom. The summed E-state index contributed by atoms with van der Waals surface area (Å²) >= 11 is 0. The largest absolute Gasteiger partial charge is 0.328 e. The molecule has 70 valence electrons. The van der Waals surface area contributed by atoms with Crippen LogP contribution in [0, 0.1) is 0 Å². The van der Waals surface area contributed by atoms with Gasteiger partial charge in [0.15, 0.2) is 0 Å². The predicted molar refractivity (Wildman–Crippen MR) is 45.6 cm³/mol. The summed E-state index contributed by atoms with van der Waals surface area (Å²) in [6.07, 6.45) is 0. The number of rotatable bonds is 2. The molecule has 1 aromatic rings. The Labute approximate surface area is 74.7 Å². The van der Waals surface area contributed by atoms with Crippen molar-refractivity contribution in [3.63, 3.8) is 0 Å². The molecule has 0 aliphatic heterocycles. The van der Waals surface area contributed by atoms with Gasteiger partial charge in [0.2, 0.25) is 0 Å². The quantitative estimate of drug-likeness (QED) is 0.692. The fraction of sp³-hybridized carbons (Fsp3) is 0. The molecule has 0 atom stereocenters. The van der Waals surface area contributed by atoms with Crippen LogP contribution in [0.25, 0.3) is 5.83 Å². The molecule has 5 heteroatoms. The fourth-order valence-corrected chi connectivity index (χ4v) is 1.17. The van der Waals surface area contributed by atoms with Crippen LogP contribution >= 0.6 is 0 Å². The summed E-state index contributed by atoms with van der Waals surface area (Å²) in [5.74, 6) is -1.11. The van der Waals surface area contributed by atoms with Gasteiger partial charge in [0, 0.05) is 5.56 Å². The Kier molecular flexibility index (Phi) is 2.77. The van der Waals surface area contributed by atoms with Gasteiger partial charge in [0.05, 0.1) is 5.41 Å². The van der Waals surface area contributed by atoms with Crippen molar-refractivity contribution in [1.82, 2.24) is 0 Å². The van der Waals surface area contributed by atoms with E-state index in [4.69, 9.17) is 0 Å². The molecule has 0 N–H and O–H groups in total. The van der Waals surface area contributed by atoms with Gasteiger partial charge in [0.25, 0.3) is 0 Å². The molecule has 1 rings (SSSR count). The lowest BCUT2D eigenvalue weighted by Gasteiger charge is -1.94. The van der Waals surface area contributed by atoms with Crippen LogP contribution in [-0.4, -0.2) is 8.42 Å². The van der Waals surface area contributed by atoms with E-state index >= 15 is 0 Å². The third-order valence-electron chi connectivity index (χ3n) is 1.29. The molecule has 0 amide bonds. The van der Waals surface area contributed by atoms with Gasteiger partial charge in [-0.15, -0.1) is 3.89 Å². The van der Waals surface area contributed by atoms with Crippen molar-refractivity contribution < 1.29 is 16.7 Å². The van der Waals surface area contributed by atoms with Crippen molar-refractivity contribution in [2.75, 3.05) is 0 Å². The second-order valence-electron chi connectivity index (χ2n) is 2.31. The number of hydrogen-bond acceptors (Lipinski definition) is 2. The highest BCUT2D eigenvalue weighted by Crippen LogP contribution is 2.16. The zero-order chi connectivity index (χ0) is 9.90. The normalized spacial score (nSPS) is 12.9. The molecule has 0 radical (unpaired) electrons. The lowest BCUT2D eigenvalue weighted by molar-refractivity contribution is 0.562. The van der Waals surface area contributed by atoms with Crippen LogP contribution < -0.4 is 0 Å². The average Bonchev–Trinajstić information content (AvgIpc) is 2.03. The Morgan fingerprint density at radius 1 is 1.23 bits per heavy atom. The Hall–Kier alpha value is -1.23. The first-order valence-corrected chi connectivity index (χ1v) is 4.81. The van der Waals surface area contributed by atoms with Crippen molar-refractivity contribution in [3.8, 4) is 0 Å². The van der Waals surface area contributed by atoms with Gasteiger partial charge >= 0.3 is 10.2 Å². The number of halogens is 2. The Morgan fingerprint density at radius 3 is 2.23 bits per heavy atom. The maximum atomic E-state index is 12.9. The maximum absolute atomic E-state index is 12.9. The minimum atomic E-state index is -4.91. The molecular formula is C8H6F2O2S. The standard InChI is InChI=1S/C8H6F2O2S/c9-8(6-13(10,11)12)7-4-2-1-3-5-7/h1-6H/b8-6-. The van der Waals surface area contributed by atoms with Crippen LogP contribution in [0.1, 0.15) is 5.56 Å². The molecule has 1 aromatic carbocycles. The smallest absolute Gasteiger partial charge is 0.205 e. The van der Waals surface area contributed by atoms with Crippen molar-refractivity contribution in [2.24, 2.45) is 0 Å². The van der Waals surface area contributed by atoms with E-state index in [0.717, 1.165) is 0 Å². The summed E-state index contributed by atoms with van der Waals surface area (Å²) in [4.78, 5) is 0. The van der Waals surface area contributed by atoms with Crippen LogP contribution in [0.15, 0.2) is 35.7 Å². The van der Waals surface area contributed by atoms with Crippen molar-refractivity contribution in [3.05, 3.63) is 41.3 Å². The molecule has 0 unspecified atom stereocenters. The Bertz CT molecular complexity index is 409. The van der Waals surface area contributed by atoms with Crippen LogP contribution in [0.3, 0.4) is 0 Å². The summed E-state index contributed by atoms with van der Waals surface area (Å²) in [5, 5.41) is -0.0532. The van der Waals surface area contributed by atoms with Crippen LogP contribution in [-0.2, 0) is 10.2 Å². The fourth-order valence-electron chi connectivity index (χ4n) is 0.789. The molecule has 0 heterocycles. The molecule has 13 heavy (non-hydrogen) atoms. The molecule has 0 aromatic heterocycles. The molecule has 0 saturated carbocycles. The van der Waals surface area contributed by atoms with Crippen LogP contribution in [0.5, 0.6) is 0 Å². The first-order chi connectivity index (χ1) is 5.99. The van der Waals surface area contributed by atoms with Crippen molar-refractivity contribution in [2.45, 2.75) is 0 Å². The van der Waals surface area contributed by atoms with E-state index in [-0.39, 0.29) is 11.0 Å². The van der Waals surface area contributed by atoms with E-state index in [1.807, 2.05) is 0 Å². The summed E-state index contributed by atoms with van der Waals surface area (Å²) < 4.78 is 44.9. The van der Waals surface area contributed by atoms with Crippen LogP contribution in [0.4, 0.5) is 8.28 Å². The first kappa shape index (κ1) is 9.85. The van der Waals surface area contributed by atoms with Gasteiger partial charge < -0.3 is 0 Å². The van der Waals surface area contributed by atoms with E-state index in [0.29, 0.717) is 0 Å². The molecule has 0 saturated heterocycles. The molecule has 0 aliphatic rings. The highest BCUT2D eigenvalue weighted by molar-refractivity contribution is 7.89. The number of benzene rings is 1. The second kappa shape index (κ2) is 3.66. The van der Waals surface area contributed by atoms with Gasteiger partial charge in [-0.25, -0.2) is 4.39 Å². The molecule has 0 fully saturated rings. The van der Waals surface area contributed by atoms with Gasteiger partial charge in [-0.3, -0.25) is 0 Å². The van der Waals surface area contributed by atoms with Crippen LogP contribution in [0.2, 0.25) is 0 Å². The molecule has 0 bridgehead atoms. The first-order valence-electron chi connectivity index (χ1n) is 3.36. The lowest BCUT2D eigenvalue weighted by atomic mass is 10.2.